The van der Waals surface area contributed by atoms with Crippen LogP contribution in [-0.2, 0) is 4.79 Å². The van der Waals surface area contributed by atoms with Crippen LogP contribution in [0.4, 0.5) is 5.82 Å². The average molecular weight is 248 g/mol. The topological polar surface area (TPSA) is 58.1 Å². The SMILES string of the molecule is Cc1cnc(C)c(NC(C)C(=O)N2CCCC2)n1. The first-order valence-electron chi connectivity index (χ1n) is 6.43. The van der Waals surface area contributed by atoms with Crippen molar-refractivity contribution >= 4 is 11.7 Å². The van der Waals surface area contributed by atoms with Crippen molar-refractivity contribution in [2.24, 2.45) is 0 Å². The van der Waals surface area contributed by atoms with Gasteiger partial charge in [0.2, 0.25) is 5.91 Å². The van der Waals surface area contributed by atoms with Gasteiger partial charge in [0.15, 0.2) is 0 Å². The Hall–Kier alpha value is -1.65. The van der Waals surface area contributed by atoms with Crippen molar-refractivity contribution in [3.05, 3.63) is 17.6 Å². The number of aryl methyl sites for hydroxylation is 2. The lowest BCUT2D eigenvalue weighted by molar-refractivity contribution is -0.130. The third kappa shape index (κ3) is 2.78. The zero-order valence-corrected chi connectivity index (χ0v) is 11.2. The molecular formula is C13H20N4O. The van der Waals surface area contributed by atoms with E-state index in [1.54, 1.807) is 6.20 Å². The first-order chi connectivity index (χ1) is 8.58. The minimum absolute atomic E-state index is 0.148. The highest BCUT2D eigenvalue weighted by atomic mass is 16.2. The number of anilines is 1. The molecule has 0 saturated carbocycles. The third-order valence-electron chi connectivity index (χ3n) is 3.22. The van der Waals surface area contributed by atoms with Crippen LogP contribution in [-0.4, -0.2) is 39.9 Å². The smallest absolute Gasteiger partial charge is 0.244 e. The van der Waals surface area contributed by atoms with Gasteiger partial charge in [0.05, 0.1) is 11.4 Å². The van der Waals surface area contributed by atoms with E-state index in [1.807, 2.05) is 25.7 Å². The van der Waals surface area contributed by atoms with E-state index in [1.165, 1.54) is 0 Å². The third-order valence-corrected chi connectivity index (χ3v) is 3.22. The minimum Gasteiger partial charge on any atom is -0.357 e. The quantitative estimate of drug-likeness (QED) is 0.881. The fraction of sp³-hybridized carbons (Fsp3) is 0.615. The lowest BCUT2D eigenvalue weighted by Gasteiger charge is -2.22. The van der Waals surface area contributed by atoms with Gasteiger partial charge in [-0.2, -0.15) is 0 Å². The fourth-order valence-corrected chi connectivity index (χ4v) is 2.15. The highest BCUT2D eigenvalue weighted by molar-refractivity contribution is 5.84. The van der Waals surface area contributed by atoms with Crippen LogP contribution in [0.25, 0.3) is 0 Å². The summed E-state index contributed by atoms with van der Waals surface area (Å²) < 4.78 is 0. The van der Waals surface area contributed by atoms with E-state index in [4.69, 9.17) is 0 Å². The minimum atomic E-state index is -0.252. The first kappa shape index (κ1) is 12.8. The molecule has 1 N–H and O–H groups in total. The maximum atomic E-state index is 12.2. The predicted octanol–water partition coefficient (Wildman–Crippen LogP) is 1.52. The fourth-order valence-electron chi connectivity index (χ4n) is 2.15. The molecule has 0 spiro atoms. The second-order valence-corrected chi connectivity index (χ2v) is 4.84. The van der Waals surface area contributed by atoms with E-state index < -0.39 is 0 Å². The van der Waals surface area contributed by atoms with Gasteiger partial charge in [0.25, 0.3) is 0 Å². The van der Waals surface area contributed by atoms with Crippen LogP contribution in [0.15, 0.2) is 6.20 Å². The largest absolute Gasteiger partial charge is 0.357 e. The maximum absolute atomic E-state index is 12.2. The molecule has 1 amide bonds. The Bertz CT molecular complexity index is 441. The molecule has 2 heterocycles. The van der Waals surface area contributed by atoms with Gasteiger partial charge in [0, 0.05) is 19.3 Å². The van der Waals surface area contributed by atoms with E-state index in [0.717, 1.165) is 37.3 Å². The number of hydrogen-bond acceptors (Lipinski definition) is 4. The lowest BCUT2D eigenvalue weighted by atomic mass is 10.2. The molecule has 18 heavy (non-hydrogen) atoms. The van der Waals surface area contributed by atoms with Crippen LogP contribution in [0, 0.1) is 13.8 Å². The molecule has 98 valence electrons. The van der Waals surface area contributed by atoms with Crippen LogP contribution in [0.3, 0.4) is 0 Å². The molecule has 1 aromatic rings. The molecule has 1 saturated heterocycles. The summed E-state index contributed by atoms with van der Waals surface area (Å²) in [5.41, 5.74) is 1.67. The normalized spacial score (nSPS) is 16.7. The van der Waals surface area contributed by atoms with Gasteiger partial charge in [-0.3, -0.25) is 9.78 Å². The van der Waals surface area contributed by atoms with E-state index in [9.17, 15) is 4.79 Å². The van der Waals surface area contributed by atoms with Crippen LogP contribution in [0.1, 0.15) is 31.2 Å². The van der Waals surface area contributed by atoms with Crippen LogP contribution >= 0.6 is 0 Å². The van der Waals surface area contributed by atoms with Gasteiger partial charge in [0.1, 0.15) is 11.9 Å². The Morgan fingerprint density at radius 2 is 2.06 bits per heavy atom. The molecule has 1 unspecified atom stereocenters. The summed E-state index contributed by atoms with van der Waals surface area (Å²) in [5.74, 6) is 0.852. The van der Waals surface area contributed by atoms with Crippen molar-refractivity contribution < 1.29 is 4.79 Å². The molecule has 1 atom stereocenters. The zero-order valence-electron chi connectivity index (χ0n) is 11.2. The van der Waals surface area contributed by atoms with Crippen molar-refractivity contribution in [3.63, 3.8) is 0 Å². The summed E-state index contributed by atoms with van der Waals surface area (Å²) >= 11 is 0. The number of nitrogens with zero attached hydrogens (tertiary/aromatic N) is 3. The van der Waals surface area contributed by atoms with Crippen LogP contribution < -0.4 is 5.32 Å². The first-order valence-corrected chi connectivity index (χ1v) is 6.43. The zero-order chi connectivity index (χ0) is 13.1. The molecule has 0 radical (unpaired) electrons. The highest BCUT2D eigenvalue weighted by Gasteiger charge is 2.23. The Balaban J connectivity index is 2.03. The van der Waals surface area contributed by atoms with Gasteiger partial charge in [-0.25, -0.2) is 4.98 Å². The number of aromatic nitrogens is 2. The van der Waals surface area contributed by atoms with Gasteiger partial charge in [-0.05, 0) is 33.6 Å². The van der Waals surface area contributed by atoms with Gasteiger partial charge in [-0.1, -0.05) is 0 Å². The Kier molecular flexibility index (Phi) is 3.79. The van der Waals surface area contributed by atoms with Crippen molar-refractivity contribution in [2.75, 3.05) is 18.4 Å². The van der Waals surface area contributed by atoms with Gasteiger partial charge >= 0.3 is 0 Å². The molecule has 5 heteroatoms. The number of likely N-dealkylation sites (tertiary alicyclic amines) is 1. The van der Waals surface area contributed by atoms with E-state index in [2.05, 4.69) is 15.3 Å². The second kappa shape index (κ2) is 5.33. The second-order valence-electron chi connectivity index (χ2n) is 4.84. The number of rotatable bonds is 3. The number of hydrogen-bond donors (Lipinski definition) is 1. The summed E-state index contributed by atoms with van der Waals surface area (Å²) in [4.78, 5) is 22.7. The monoisotopic (exact) mass is 248 g/mol. The summed E-state index contributed by atoms with van der Waals surface area (Å²) in [7, 11) is 0. The molecule has 0 bridgehead atoms. The van der Waals surface area contributed by atoms with E-state index >= 15 is 0 Å². The Labute approximate surface area is 108 Å². The standard InChI is InChI=1S/C13H20N4O/c1-9-8-14-10(2)12(15-9)16-11(3)13(18)17-6-4-5-7-17/h8,11H,4-7H2,1-3H3,(H,15,16). The molecule has 2 rings (SSSR count). The molecule has 1 aromatic heterocycles. The van der Waals surface area contributed by atoms with E-state index in [0.29, 0.717) is 5.82 Å². The summed E-state index contributed by atoms with van der Waals surface area (Å²) in [6, 6.07) is -0.252. The van der Waals surface area contributed by atoms with Crippen LogP contribution in [0.2, 0.25) is 0 Å². The molecule has 0 aromatic carbocycles. The van der Waals surface area contributed by atoms with Crippen molar-refractivity contribution in [2.45, 2.75) is 39.7 Å². The van der Waals surface area contributed by atoms with E-state index in [-0.39, 0.29) is 11.9 Å². The van der Waals surface area contributed by atoms with Crippen molar-refractivity contribution in [1.82, 2.24) is 14.9 Å². The van der Waals surface area contributed by atoms with Crippen molar-refractivity contribution in [1.29, 1.82) is 0 Å². The number of nitrogens with one attached hydrogen (secondary N) is 1. The molecule has 1 aliphatic heterocycles. The number of amides is 1. The molecule has 1 aliphatic rings. The molecule has 5 nitrogen and oxygen atoms in total. The van der Waals surface area contributed by atoms with Gasteiger partial charge in [-0.15, -0.1) is 0 Å². The van der Waals surface area contributed by atoms with Gasteiger partial charge < -0.3 is 10.2 Å². The summed E-state index contributed by atoms with van der Waals surface area (Å²) in [6.07, 6.45) is 3.96. The van der Waals surface area contributed by atoms with Crippen LogP contribution in [0.5, 0.6) is 0 Å². The Morgan fingerprint density at radius 3 is 2.72 bits per heavy atom. The highest BCUT2D eigenvalue weighted by Crippen LogP contribution is 2.13. The molecule has 0 aliphatic carbocycles. The summed E-state index contributed by atoms with van der Waals surface area (Å²) in [6.45, 7) is 7.42. The lowest BCUT2D eigenvalue weighted by Crippen LogP contribution is -2.40. The number of carbonyl (C=O) groups excluding carboxylic acids is 1. The molecule has 1 fully saturated rings. The molecular weight excluding hydrogens is 228 g/mol. The predicted molar refractivity (Wildman–Crippen MR) is 70.4 cm³/mol. The Morgan fingerprint density at radius 1 is 1.39 bits per heavy atom. The average Bonchev–Trinajstić information content (AvgIpc) is 2.86. The van der Waals surface area contributed by atoms with Crippen molar-refractivity contribution in [3.8, 4) is 0 Å². The summed E-state index contributed by atoms with van der Waals surface area (Å²) in [5, 5.41) is 3.16. The number of carbonyl (C=O) groups is 1. The maximum Gasteiger partial charge on any atom is 0.244 e.